The Morgan fingerprint density at radius 3 is 2.56 bits per heavy atom. The fraction of sp³-hybridized carbons (Fsp3) is 0.407. The van der Waals surface area contributed by atoms with Crippen molar-refractivity contribution in [2.75, 3.05) is 13.7 Å². The molecule has 4 rings (SSSR count). The number of methoxy groups -OCH3 is 1. The molecule has 0 bridgehead atoms. The van der Waals surface area contributed by atoms with Gasteiger partial charge in [0.15, 0.2) is 5.82 Å². The second kappa shape index (κ2) is 11.1. The number of halogens is 1. The van der Waals surface area contributed by atoms with Crippen molar-refractivity contribution in [2.45, 2.75) is 53.4 Å². The number of fused-ring (bicyclic) bond motifs is 1. The second-order valence-corrected chi connectivity index (χ2v) is 9.64. The number of benzene rings is 2. The first-order valence-electron chi connectivity index (χ1n) is 12.1. The number of ether oxygens (including phenoxy) is 1. The number of aromatic nitrogens is 5. The zero-order valence-electron chi connectivity index (χ0n) is 21.5. The highest BCUT2D eigenvalue weighted by atomic mass is 19.1. The lowest BCUT2D eigenvalue weighted by molar-refractivity contribution is 0.121. The van der Waals surface area contributed by atoms with E-state index in [9.17, 15) is 9.18 Å². The highest BCUT2D eigenvalue weighted by Gasteiger charge is 2.30. The molecular weight excluding hydrogens is 459 g/mol. The van der Waals surface area contributed by atoms with Crippen LogP contribution in [0.2, 0.25) is 0 Å². The largest absolute Gasteiger partial charge is 0.383 e. The van der Waals surface area contributed by atoms with Gasteiger partial charge in [-0.05, 0) is 71.1 Å². The topological polar surface area (TPSA) is 88.9 Å². The van der Waals surface area contributed by atoms with E-state index in [0.717, 1.165) is 27.6 Å². The second-order valence-electron chi connectivity index (χ2n) is 9.64. The lowest BCUT2D eigenvalue weighted by Gasteiger charge is -2.33. The average Bonchev–Trinajstić information content (AvgIpc) is 3.27. The lowest BCUT2D eigenvalue weighted by atomic mass is 9.99. The van der Waals surface area contributed by atoms with E-state index >= 15 is 0 Å². The number of hydrogen-bond donors (Lipinski definition) is 1. The van der Waals surface area contributed by atoms with Gasteiger partial charge in [0.05, 0.1) is 19.2 Å². The maximum absolute atomic E-state index is 13.6. The molecule has 4 aromatic rings. The predicted molar refractivity (Wildman–Crippen MR) is 137 cm³/mol. The van der Waals surface area contributed by atoms with Gasteiger partial charge in [-0.15, -0.1) is 5.10 Å². The molecule has 36 heavy (non-hydrogen) atoms. The highest BCUT2D eigenvalue weighted by Crippen LogP contribution is 2.30. The molecule has 8 nitrogen and oxygen atoms in total. The molecule has 1 N–H and O–H groups in total. The third-order valence-corrected chi connectivity index (χ3v) is 6.42. The number of nitrogens with zero attached hydrogens (tertiary/aromatic N) is 5. The zero-order valence-corrected chi connectivity index (χ0v) is 21.5. The van der Waals surface area contributed by atoms with Crippen LogP contribution in [0.1, 0.15) is 48.0 Å². The fourth-order valence-corrected chi connectivity index (χ4v) is 4.77. The maximum Gasteiger partial charge on any atom is 0.252 e. The molecule has 1 atom stereocenters. The van der Waals surface area contributed by atoms with Crippen molar-refractivity contribution in [3.63, 3.8) is 0 Å². The smallest absolute Gasteiger partial charge is 0.252 e. The minimum atomic E-state index is -0.286. The summed E-state index contributed by atoms with van der Waals surface area (Å²) < 4.78 is 20.6. The minimum absolute atomic E-state index is 0.127. The van der Waals surface area contributed by atoms with Crippen LogP contribution in [-0.4, -0.2) is 43.8 Å². The number of hydrogen-bond acceptors (Lipinski definition) is 6. The van der Waals surface area contributed by atoms with E-state index in [2.05, 4.69) is 52.2 Å². The number of aryl methyl sites for hydroxylation is 2. The van der Waals surface area contributed by atoms with E-state index in [-0.39, 0.29) is 23.3 Å². The summed E-state index contributed by atoms with van der Waals surface area (Å²) in [5.74, 6) is 0.542. The fourth-order valence-electron chi connectivity index (χ4n) is 4.77. The van der Waals surface area contributed by atoms with E-state index in [0.29, 0.717) is 37.6 Å². The van der Waals surface area contributed by atoms with Gasteiger partial charge in [-0.3, -0.25) is 9.69 Å². The summed E-state index contributed by atoms with van der Waals surface area (Å²) in [4.78, 5) is 18.4. The van der Waals surface area contributed by atoms with Gasteiger partial charge in [0, 0.05) is 36.7 Å². The molecule has 2 aromatic carbocycles. The molecular formula is C27H33FN6O2. The van der Waals surface area contributed by atoms with E-state index in [1.165, 1.54) is 12.1 Å². The Kier molecular flexibility index (Phi) is 7.91. The van der Waals surface area contributed by atoms with Crippen LogP contribution in [0, 0.1) is 25.6 Å². The SMILES string of the molecule is COCCn1nnnc1C(C(C)C)N(Cc1ccc(F)cc1)Cc1cc2c(C)cc(C)cc2[nH]c1=O. The third kappa shape index (κ3) is 5.68. The van der Waals surface area contributed by atoms with Crippen LogP contribution < -0.4 is 5.56 Å². The summed E-state index contributed by atoms with van der Waals surface area (Å²) >= 11 is 0. The number of rotatable bonds is 10. The van der Waals surface area contributed by atoms with Crippen molar-refractivity contribution in [1.29, 1.82) is 0 Å². The third-order valence-electron chi connectivity index (χ3n) is 6.42. The van der Waals surface area contributed by atoms with Crippen molar-refractivity contribution >= 4 is 10.9 Å². The Bertz CT molecular complexity index is 1380. The lowest BCUT2D eigenvalue weighted by Crippen LogP contribution is -2.35. The van der Waals surface area contributed by atoms with Crippen LogP contribution in [-0.2, 0) is 24.4 Å². The quantitative estimate of drug-likeness (QED) is 0.355. The van der Waals surface area contributed by atoms with Crippen LogP contribution in [0.4, 0.5) is 4.39 Å². The van der Waals surface area contributed by atoms with Gasteiger partial charge in [0.2, 0.25) is 0 Å². The standard InChI is InChI=1S/C27H33FN6O2/c1-17(2)25(26-30-31-32-34(26)10-11-36-5)33(15-20-6-8-22(28)9-7-20)16-21-14-23-19(4)12-18(3)13-24(23)29-27(21)35/h6-9,12-14,17,25H,10-11,15-16H2,1-5H3,(H,29,35). The highest BCUT2D eigenvalue weighted by molar-refractivity contribution is 5.83. The molecule has 190 valence electrons. The molecule has 0 spiro atoms. The van der Waals surface area contributed by atoms with Gasteiger partial charge < -0.3 is 9.72 Å². The summed E-state index contributed by atoms with van der Waals surface area (Å²) in [6, 6.07) is 12.3. The van der Waals surface area contributed by atoms with Gasteiger partial charge in [-0.2, -0.15) is 0 Å². The molecule has 0 aliphatic carbocycles. The monoisotopic (exact) mass is 492 g/mol. The van der Waals surface area contributed by atoms with E-state index in [1.807, 2.05) is 19.1 Å². The number of tetrazole rings is 1. The van der Waals surface area contributed by atoms with Crippen molar-refractivity contribution in [3.8, 4) is 0 Å². The van der Waals surface area contributed by atoms with Crippen LogP contribution in [0.25, 0.3) is 10.9 Å². The van der Waals surface area contributed by atoms with Gasteiger partial charge in [0.25, 0.3) is 5.56 Å². The van der Waals surface area contributed by atoms with E-state index in [4.69, 9.17) is 4.74 Å². The van der Waals surface area contributed by atoms with Crippen LogP contribution in [0.5, 0.6) is 0 Å². The predicted octanol–water partition coefficient (Wildman–Crippen LogP) is 4.32. The maximum atomic E-state index is 13.6. The Labute approximate surface area is 210 Å². The Hall–Kier alpha value is -3.43. The van der Waals surface area contributed by atoms with E-state index in [1.54, 1.807) is 23.9 Å². The summed E-state index contributed by atoms with van der Waals surface area (Å²) in [6.45, 7) is 10.1. The van der Waals surface area contributed by atoms with Crippen molar-refractivity contribution in [1.82, 2.24) is 30.1 Å². The number of nitrogens with one attached hydrogen (secondary N) is 1. The van der Waals surface area contributed by atoms with Crippen LogP contribution in [0.3, 0.4) is 0 Å². The summed E-state index contributed by atoms with van der Waals surface area (Å²) in [5.41, 5.74) is 4.49. The average molecular weight is 493 g/mol. The summed E-state index contributed by atoms with van der Waals surface area (Å²) in [6.07, 6.45) is 0. The van der Waals surface area contributed by atoms with Crippen molar-refractivity contribution < 1.29 is 9.13 Å². The summed E-state index contributed by atoms with van der Waals surface area (Å²) in [7, 11) is 1.64. The normalized spacial score (nSPS) is 12.7. The molecule has 0 radical (unpaired) electrons. The number of aromatic amines is 1. The molecule has 0 saturated carbocycles. The van der Waals surface area contributed by atoms with Gasteiger partial charge >= 0.3 is 0 Å². The van der Waals surface area contributed by atoms with Crippen LogP contribution >= 0.6 is 0 Å². The molecule has 1 unspecified atom stereocenters. The molecule has 0 aliphatic rings. The first-order chi connectivity index (χ1) is 17.3. The Morgan fingerprint density at radius 1 is 1.11 bits per heavy atom. The number of pyridine rings is 1. The molecule has 0 amide bonds. The first kappa shape index (κ1) is 25.7. The van der Waals surface area contributed by atoms with Gasteiger partial charge in [-0.1, -0.05) is 32.0 Å². The molecule has 2 aromatic heterocycles. The van der Waals surface area contributed by atoms with Crippen molar-refractivity contribution in [3.05, 3.63) is 86.7 Å². The molecule has 2 heterocycles. The first-order valence-corrected chi connectivity index (χ1v) is 12.1. The van der Waals surface area contributed by atoms with Crippen molar-refractivity contribution in [2.24, 2.45) is 5.92 Å². The van der Waals surface area contributed by atoms with E-state index < -0.39 is 0 Å². The van der Waals surface area contributed by atoms with Gasteiger partial charge in [0.1, 0.15) is 5.82 Å². The van der Waals surface area contributed by atoms with Gasteiger partial charge in [-0.25, -0.2) is 9.07 Å². The zero-order chi connectivity index (χ0) is 25.8. The Balaban J connectivity index is 1.78. The molecule has 0 fully saturated rings. The number of H-pyrrole nitrogens is 1. The summed E-state index contributed by atoms with van der Waals surface area (Å²) in [5, 5.41) is 13.5. The van der Waals surface area contributed by atoms with Crippen LogP contribution in [0.15, 0.2) is 47.3 Å². The molecule has 0 saturated heterocycles. The minimum Gasteiger partial charge on any atom is -0.383 e. The molecule has 9 heteroatoms. The Morgan fingerprint density at radius 2 is 1.86 bits per heavy atom. The molecule has 0 aliphatic heterocycles.